The second-order valence-electron chi connectivity index (χ2n) is 21.9. The third-order valence-electron chi connectivity index (χ3n) is 12.7. The Hall–Kier alpha value is -7.04. The van der Waals surface area contributed by atoms with Crippen LogP contribution in [0, 0.1) is 0 Å². The minimum Gasteiger partial charge on any atom is -0.507 e. The van der Waals surface area contributed by atoms with Gasteiger partial charge in [-0.1, -0.05) is 198 Å². The highest BCUT2D eigenvalue weighted by Crippen LogP contribution is 2.48. The number of imidazole rings is 1. The lowest BCUT2D eigenvalue weighted by Crippen LogP contribution is -2.17. The Bertz CT molecular complexity index is 3760. The SMILES string of the molecule is [2H]c1c([2H])c([2H])c(-c2cc(C(C)(C)C)cc(-c3c([2H])c([2H])c([2H])c([2H])c3[2H])c2-n2c(-c3cc(C(C)(C)C)cc(C(C)(C)C)c3O)nc3c(-c4cc(-c5cc(-c6ccccc6)ccn5)cc(C(C)(C)C)c4)cccc32)c([2H])c1[2H]. The first-order chi connectivity index (χ1) is 36.3. The zero-order chi connectivity index (χ0) is 57.0. The molecule has 0 atom stereocenters. The standard InChI is InChI=1S/C64H65N3O/c1-61(2,3)47-34-45(33-46(35-47)55-36-44(31-32-65-55)41-23-16-13-17-24-41)50-29-22-30-56-57(50)66-60(53-39-49(63(7,8)9)40-54(59(53)68)64(10,11)12)67(56)58-51(42-25-18-14-19-26-42)37-48(62(4,5)6)38-52(58)43-27-20-15-21-28-43/h13-40,68H,1-12H3/i14D,15D,18D,19D,20D,21D,25D,26D,27D,28D. The molecule has 0 fully saturated rings. The molecule has 2 aromatic heterocycles. The van der Waals surface area contributed by atoms with Gasteiger partial charge in [-0.3, -0.25) is 9.55 Å². The van der Waals surface area contributed by atoms with Gasteiger partial charge in [0.25, 0.3) is 0 Å². The Kier molecular flexibility index (Phi) is 8.91. The van der Waals surface area contributed by atoms with Crippen molar-refractivity contribution >= 4 is 11.0 Å². The molecule has 68 heavy (non-hydrogen) atoms. The van der Waals surface area contributed by atoms with Crippen LogP contribution >= 0.6 is 0 Å². The monoisotopic (exact) mass is 902 g/mol. The predicted octanol–water partition coefficient (Wildman–Crippen LogP) is 17.3. The Morgan fingerprint density at radius 2 is 1.00 bits per heavy atom. The predicted molar refractivity (Wildman–Crippen MR) is 288 cm³/mol. The molecule has 4 heteroatoms. The van der Waals surface area contributed by atoms with Crippen molar-refractivity contribution in [2.24, 2.45) is 0 Å². The van der Waals surface area contributed by atoms with E-state index in [-0.39, 0.29) is 44.9 Å². The molecule has 7 aromatic carbocycles. The Balaban J connectivity index is 1.54. The van der Waals surface area contributed by atoms with Crippen LogP contribution in [0.3, 0.4) is 0 Å². The van der Waals surface area contributed by atoms with E-state index in [9.17, 15) is 10.6 Å². The number of pyridine rings is 1. The van der Waals surface area contributed by atoms with Gasteiger partial charge in [0.15, 0.2) is 0 Å². The molecule has 0 aliphatic heterocycles. The maximum absolute atomic E-state index is 12.9. The number of hydrogen-bond donors (Lipinski definition) is 1. The molecule has 4 nitrogen and oxygen atoms in total. The van der Waals surface area contributed by atoms with Crippen LogP contribution in [0.25, 0.3) is 83.9 Å². The molecule has 1 N–H and O–H groups in total. The fourth-order valence-corrected chi connectivity index (χ4v) is 8.77. The van der Waals surface area contributed by atoms with Crippen LogP contribution in [0.4, 0.5) is 0 Å². The number of fused-ring (bicyclic) bond motifs is 1. The lowest BCUT2D eigenvalue weighted by Gasteiger charge is -2.28. The van der Waals surface area contributed by atoms with Gasteiger partial charge in [-0.05, 0) is 115 Å². The van der Waals surface area contributed by atoms with E-state index in [0.29, 0.717) is 33.3 Å². The summed E-state index contributed by atoms with van der Waals surface area (Å²) in [7, 11) is 0. The summed E-state index contributed by atoms with van der Waals surface area (Å²) >= 11 is 0. The number of phenols is 1. The van der Waals surface area contributed by atoms with Gasteiger partial charge in [0, 0.05) is 34.0 Å². The van der Waals surface area contributed by atoms with Crippen molar-refractivity contribution < 1.29 is 18.8 Å². The zero-order valence-corrected chi connectivity index (χ0v) is 41.2. The lowest BCUT2D eigenvalue weighted by atomic mass is 9.78. The second kappa shape index (κ2) is 17.2. The highest BCUT2D eigenvalue weighted by molar-refractivity contribution is 6.00. The number of phenolic OH excluding ortho intramolecular Hbond substituents is 1. The maximum atomic E-state index is 12.9. The normalized spacial score (nSPS) is 14.5. The van der Waals surface area contributed by atoms with Crippen LogP contribution in [-0.2, 0) is 21.7 Å². The van der Waals surface area contributed by atoms with Crippen LogP contribution in [-0.4, -0.2) is 19.6 Å². The average Bonchev–Trinajstić information content (AvgIpc) is 3.96. The highest BCUT2D eigenvalue weighted by Gasteiger charge is 2.31. The lowest BCUT2D eigenvalue weighted by molar-refractivity contribution is 0.446. The van der Waals surface area contributed by atoms with Crippen LogP contribution in [0.15, 0.2) is 170 Å². The minimum atomic E-state index is -0.706. The van der Waals surface area contributed by atoms with E-state index in [4.69, 9.17) is 18.2 Å². The molecule has 0 aliphatic carbocycles. The molecule has 0 amide bonds. The third-order valence-corrected chi connectivity index (χ3v) is 12.7. The first kappa shape index (κ1) is 35.2. The third kappa shape index (κ3) is 8.93. The van der Waals surface area contributed by atoms with Crippen LogP contribution in [0.5, 0.6) is 5.75 Å². The van der Waals surface area contributed by atoms with E-state index >= 15 is 0 Å². The van der Waals surface area contributed by atoms with Crippen molar-refractivity contribution in [1.82, 2.24) is 14.5 Å². The molecule has 9 rings (SSSR count). The van der Waals surface area contributed by atoms with E-state index in [0.717, 1.165) is 39.1 Å². The summed E-state index contributed by atoms with van der Waals surface area (Å²) in [4.78, 5) is 10.5. The first-order valence-electron chi connectivity index (χ1n) is 28.2. The number of benzene rings is 7. The first-order valence-corrected chi connectivity index (χ1v) is 23.2. The second-order valence-corrected chi connectivity index (χ2v) is 21.9. The summed E-state index contributed by atoms with van der Waals surface area (Å²) in [6.07, 6.45) is 1.81. The van der Waals surface area contributed by atoms with Gasteiger partial charge in [-0.2, -0.15) is 0 Å². The van der Waals surface area contributed by atoms with E-state index in [2.05, 4.69) is 77.9 Å². The largest absolute Gasteiger partial charge is 0.507 e. The summed E-state index contributed by atoms with van der Waals surface area (Å²) in [5, 5.41) is 12.9. The quantitative estimate of drug-likeness (QED) is 0.173. The van der Waals surface area contributed by atoms with Gasteiger partial charge in [0.05, 0.1) is 41.7 Å². The molecule has 0 spiro atoms. The summed E-state index contributed by atoms with van der Waals surface area (Å²) in [6, 6.07) is 28.2. The van der Waals surface area contributed by atoms with Crippen LogP contribution < -0.4 is 0 Å². The molecular weight excluding hydrogens is 827 g/mol. The zero-order valence-electron chi connectivity index (χ0n) is 51.2. The number of nitrogens with zero attached hydrogens (tertiary/aromatic N) is 3. The molecule has 0 saturated heterocycles. The molecule has 9 aromatic rings. The van der Waals surface area contributed by atoms with Crippen molar-refractivity contribution in [3.05, 3.63) is 192 Å². The van der Waals surface area contributed by atoms with Gasteiger partial charge in [-0.25, -0.2) is 4.98 Å². The van der Waals surface area contributed by atoms with E-state index < -0.39 is 76.7 Å². The maximum Gasteiger partial charge on any atom is 0.149 e. The van der Waals surface area contributed by atoms with Gasteiger partial charge in [0.1, 0.15) is 11.6 Å². The fraction of sp³-hybridized carbons (Fsp3) is 0.250. The van der Waals surface area contributed by atoms with Crippen molar-refractivity contribution in [3.8, 4) is 78.6 Å². The number of para-hydroxylation sites is 1. The molecule has 0 saturated carbocycles. The topological polar surface area (TPSA) is 50.9 Å². The average molecular weight is 902 g/mol. The minimum absolute atomic E-state index is 0.0602. The summed E-state index contributed by atoms with van der Waals surface area (Å²) in [5.41, 5.74) is 7.47. The van der Waals surface area contributed by atoms with Gasteiger partial charge in [-0.15, -0.1) is 0 Å². The van der Waals surface area contributed by atoms with Crippen molar-refractivity contribution in [2.75, 3.05) is 0 Å². The molecule has 0 unspecified atom stereocenters. The molecule has 0 aliphatic rings. The Morgan fingerprint density at radius 3 is 1.57 bits per heavy atom. The molecule has 2 heterocycles. The smallest absolute Gasteiger partial charge is 0.149 e. The van der Waals surface area contributed by atoms with E-state index in [1.54, 1.807) is 16.7 Å². The number of rotatable bonds is 7. The highest BCUT2D eigenvalue weighted by atomic mass is 16.3. The summed E-state index contributed by atoms with van der Waals surface area (Å²) in [6.45, 7) is 24.6. The molecular formula is C64H65N3O. The Morgan fingerprint density at radius 1 is 0.456 bits per heavy atom. The fourth-order valence-electron chi connectivity index (χ4n) is 8.77. The van der Waals surface area contributed by atoms with Crippen molar-refractivity contribution in [2.45, 2.75) is 105 Å². The molecule has 0 radical (unpaired) electrons. The van der Waals surface area contributed by atoms with Gasteiger partial charge >= 0.3 is 0 Å². The van der Waals surface area contributed by atoms with Gasteiger partial charge < -0.3 is 5.11 Å². The molecule has 342 valence electrons. The summed E-state index contributed by atoms with van der Waals surface area (Å²) in [5.74, 6) is 0.136. The molecule has 0 bridgehead atoms. The number of aromatic hydroxyl groups is 1. The van der Waals surface area contributed by atoms with Crippen LogP contribution in [0.1, 0.15) is 119 Å². The van der Waals surface area contributed by atoms with Crippen molar-refractivity contribution in [1.29, 1.82) is 0 Å². The number of aromatic nitrogens is 3. The van der Waals surface area contributed by atoms with E-state index in [1.807, 2.05) is 102 Å². The van der Waals surface area contributed by atoms with Gasteiger partial charge in [0.2, 0.25) is 0 Å². The van der Waals surface area contributed by atoms with Crippen molar-refractivity contribution in [3.63, 3.8) is 0 Å². The Labute approximate surface area is 418 Å². The number of hydrogen-bond acceptors (Lipinski definition) is 3. The van der Waals surface area contributed by atoms with Crippen LogP contribution in [0.2, 0.25) is 0 Å². The van der Waals surface area contributed by atoms with E-state index in [1.165, 1.54) is 0 Å². The summed E-state index contributed by atoms with van der Waals surface area (Å²) < 4.78 is 93.3.